The maximum atomic E-state index is 12.0. The molecule has 0 spiro atoms. The Morgan fingerprint density at radius 3 is 2.56 bits per heavy atom. The Hall–Kier alpha value is -1.75. The number of nitriles is 1. The van der Waals surface area contributed by atoms with Gasteiger partial charge < -0.3 is 9.84 Å². The van der Waals surface area contributed by atoms with Gasteiger partial charge in [0.15, 0.2) is 0 Å². The molecule has 0 unspecified atom stereocenters. The van der Waals surface area contributed by atoms with E-state index in [0.717, 1.165) is 12.1 Å². The molecule has 0 aliphatic carbocycles. The number of halogens is 4. The van der Waals surface area contributed by atoms with Crippen LogP contribution in [0.25, 0.3) is 0 Å². The fraction of sp³-hybridized carbons (Fsp3) is 0.200. The Balaban J connectivity index is 3.19. The van der Waals surface area contributed by atoms with Crippen molar-refractivity contribution >= 4 is 21.9 Å². The molecule has 1 aromatic rings. The van der Waals surface area contributed by atoms with Gasteiger partial charge in [-0.3, -0.25) is 4.79 Å². The van der Waals surface area contributed by atoms with Gasteiger partial charge in [-0.25, -0.2) is 0 Å². The molecular formula is C10H5BrF3NO3. The van der Waals surface area contributed by atoms with E-state index in [1.54, 1.807) is 6.07 Å². The molecule has 0 aromatic heterocycles. The van der Waals surface area contributed by atoms with Crippen LogP contribution in [0.5, 0.6) is 5.75 Å². The van der Waals surface area contributed by atoms with Gasteiger partial charge >= 0.3 is 12.3 Å². The number of benzene rings is 1. The van der Waals surface area contributed by atoms with E-state index in [9.17, 15) is 18.0 Å². The lowest BCUT2D eigenvalue weighted by molar-refractivity contribution is -0.274. The standard InChI is InChI=1S/C10H5BrF3NO3/c11-7-1-5(3-9(16)17)6(4-15)2-8(7)18-10(12,13)14/h1-2H,3H2,(H,16,17). The van der Waals surface area contributed by atoms with Crippen molar-refractivity contribution in [2.24, 2.45) is 0 Å². The second-order valence-corrected chi connectivity index (χ2v) is 4.02. The molecule has 0 amide bonds. The Bertz CT molecular complexity index is 522. The Morgan fingerprint density at radius 1 is 1.50 bits per heavy atom. The van der Waals surface area contributed by atoms with E-state index in [-0.39, 0.29) is 15.6 Å². The number of aliphatic carboxylic acids is 1. The third-order valence-corrected chi connectivity index (χ3v) is 2.47. The van der Waals surface area contributed by atoms with Gasteiger partial charge in [0, 0.05) is 0 Å². The first-order valence-corrected chi connectivity index (χ1v) is 5.22. The van der Waals surface area contributed by atoms with Gasteiger partial charge in [0.2, 0.25) is 0 Å². The number of hydrogen-bond donors (Lipinski definition) is 1. The van der Waals surface area contributed by atoms with Crippen LogP contribution in [0, 0.1) is 11.3 Å². The smallest absolute Gasteiger partial charge is 0.481 e. The van der Waals surface area contributed by atoms with E-state index in [2.05, 4.69) is 20.7 Å². The average Bonchev–Trinajstić information content (AvgIpc) is 2.19. The monoisotopic (exact) mass is 323 g/mol. The highest BCUT2D eigenvalue weighted by molar-refractivity contribution is 9.10. The lowest BCUT2D eigenvalue weighted by Crippen LogP contribution is -2.17. The van der Waals surface area contributed by atoms with E-state index < -0.39 is 24.5 Å². The maximum absolute atomic E-state index is 12.0. The van der Waals surface area contributed by atoms with Crippen molar-refractivity contribution in [2.45, 2.75) is 12.8 Å². The topological polar surface area (TPSA) is 70.3 Å². The van der Waals surface area contributed by atoms with E-state index >= 15 is 0 Å². The minimum Gasteiger partial charge on any atom is -0.481 e. The van der Waals surface area contributed by atoms with Gasteiger partial charge in [0.1, 0.15) is 5.75 Å². The second kappa shape index (κ2) is 5.27. The molecule has 0 aliphatic heterocycles. The lowest BCUT2D eigenvalue weighted by atomic mass is 10.1. The van der Waals surface area contributed by atoms with Crippen LogP contribution in [0.1, 0.15) is 11.1 Å². The van der Waals surface area contributed by atoms with Crippen LogP contribution >= 0.6 is 15.9 Å². The fourth-order valence-electron chi connectivity index (χ4n) is 1.21. The molecule has 8 heteroatoms. The molecule has 0 fully saturated rings. The predicted octanol–water partition coefficient (Wildman–Crippen LogP) is 2.85. The molecule has 1 rings (SSSR count). The summed E-state index contributed by atoms with van der Waals surface area (Å²) in [5.74, 6) is -1.78. The van der Waals surface area contributed by atoms with Crippen LogP contribution in [0.15, 0.2) is 16.6 Å². The Kier molecular flexibility index (Phi) is 4.19. The third-order valence-electron chi connectivity index (χ3n) is 1.85. The van der Waals surface area contributed by atoms with Crippen molar-refractivity contribution in [2.75, 3.05) is 0 Å². The largest absolute Gasteiger partial charge is 0.573 e. The number of carboxylic acids is 1. The molecule has 0 atom stereocenters. The first-order valence-electron chi connectivity index (χ1n) is 4.43. The van der Waals surface area contributed by atoms with Crippen molar-refractivity contribution < 1.29 is 27.8 Å². The van der Waals surface area contributed by atoms with Gasteiger partial charge in [-0.15, -0.1) is 13.2 Å². The van der Waals surface area contributed by atoms with E-state index in [1.165, 1.54) is 0 Å². The molecule has 0 heterocycles. The lowest BCUT2D eigenvalue weighted by Gasteiger charge is -2.12. The summed E-state index contributed by atoms with van der Waals surface area (Å²) in [6.07, 6.45) is -5.35. The molecule has 1 aromatic carbocycles. The highest BCUT2D eigenvalue weighted by atomic mass is 79.9. The number of ether oxygens (including phenoxy) is 1. The third kappa shape index (κ3) is 3.92. The quantitative estimate of drug-likeness (QED) is 0.928. The summed E-state index contributed by atoms with van der Waals surface area (Å²) in [6.45, 7) is 0. The van der Waals surface area contributed by atoms with Gasteiger partial charge in [-0.1, -0.05) is 0 Å². The van der Waals surface area contributed by atoms with Crippen molar-refractivity contribution in [3.05, 3.63) is 27.7 Å². The molecule has 0 bridgehead atoms. The summed E-state index contributed by atoms with van der Waals surface area (Å²) in [4.78, 5) is 10.5. The maximum Gasteiger partial charge on any atom is 0.573 e. The number of nitrogens with zero attached hydrogens (tertiary/aromatic N) is 1. The van der Waals surface area contributed by atoms with Crippen LogP contribution in [0.2, 0.25) is 0 Å². The Labute approximate surface area is 108 Å². The zero-order valence-corrected chi connectivity index (χ0v) is 10.2. The number of rotatable bonds is 3. The first-order chi connectivity index (χ1) is 8.23. The summed E-state index contributed by atoms with van der Waals surface area (Å²) in [7, 11) is 0. The van der Waals surface area contributed by atoms with Crippen LogP contribution in [-0.2, 0) is 11.2 Å². The molecule has 0 saturated heterocycles. The zero-order valence-electron chi connectivity index (χ0n) is 8.58. The van der Waals surface area contributed by atoms with E-state index in [0.29, 0.717) is 0 Å². The van der Waals surface area contributed by atoms with E-state index in [4.69, 9.17) is 10.4 Å². The van der Waals surface area contributed by atoms with Crippen molar-refractivity contribution in [1.29, 1.82) is 5.26 Å². The van der Waals surface area contributed by atoms with Crippen LogP contribution < -0.4 is 4.74 Å². The summed E-state index contributed by atoms with van der Waals surface area (Å²) < 4.78 is 39.8. The number of alkyl halides is 3. The molecule has 96 valence electrons. The first kappa shape index (κ1) is 14.3. The number of hydrogen-bond acceptors (Lipinski definition) is 3. The summed E-state index contributed by atoms with van der Waals surface area (Å²) in [5.41, 5.74) is -0.0775. The molecule has 0 aliphatic rings. The fourth-order valence-corrected chi connectivity index (χ4v) is 1.68. The molecule has 4 nitrogen and oxygen atoms in total. The molecule has 0 radical (unpaired) electrons. The van der Waals surface area contributed by atoms with Gasteiger partial charge in [0.25, 0.3) is 0 Å². The normalized spacial score (nSPS) is 10.8. The summed E-state index contributed by atoms with van der Waals surface area (Å²) in [5, 5.41) is 17.3. The van der Waals surface area contributed by atoms with Crippen LogP contribution in [0.3, 0.4) is 0 Å². The van der Waals surface area contributed by atoms with Crippen LogP contribution in [0.4, 0.5) is 13.2 Å². The summed E-state index contributed by atoms with van der Waals surface area (Å²) in [6, 6.07) is 3.58. The minimum atomic E-state index is -4.89. The predicted molar refractivity (Wildman–Crippen MR) is 56.9 cm³/mol. The second-order valence-electron chi connectivity index (χ2n) is 3.17. The van der Waals surface area contributed by atoms with Crippen molar-refractivity contribution in [1.82, 2.24) is 0 Å². The number of carbonyl (C=O) groups is 1. The van der Waals surface area contributed by atoms with Crippen molar-refractivity contribution in [3.63, 3.8) is 0 Å². The summed E-state index contributed by atoms with van der Waals surface area (Å²) >= 11 is 2.83. The van der Waals surface area contributed by atoms with Gasteiger partial charge in [-0.05, 0) is 33.6 Å². The Morgan fingerprint density at radius 2 is 2.11 bits per heavy atom. The number of carboxylic acid groups (broad SMARTS) is 1. The minimum absolute atomic E-state index is 0.0740. The van der Waals surface area contributed by atoms with E-state index in [1.807, 2.05) is 0 Å². The van der Waals surface area contributed by atoms with Gasteiger partial charge in [0.05, 0.1) is 22.5 Å². The molecular weight excluding hydrogens is 319 g/mol. The van der Waals surface area contributed by atoms with Crippen LogP contribution in [-0.4, -0.2) is 17.4 Å². The molecule has 18 heavy (non-hydrogen) atoms. The van der Waals surface area contributed by atoms with Crippen molar-refractivity contribution in [3.8, 4) is 11.8 Å². The van der Waals surface area contributed by atoms with Gasteiger partial charge in [-0.2, -0.15) is 5.26 Å². The molecule has 1 N–H and O–H groups in total. The highest BCUT2D eigenvalue weighted by Crippen LogP contribution is 2.33. The zero-order chi connectivity index (χ0) is 13.9. The average molecular weight is 324 g/mol. The SMILES string of the molecule is N#Cc1cc(OC(F)(F)F)c(Br)cc1CC(=O)O. The molecule has 0 saturated carbocycles. The highest BCUT2D eigenvalue weighted by Gasteiger charge is 2.32.